The Morgan fingerprint density at radius 2 is 2.07 bits per heavy atom. The average molecular weight is 231 g/mol. The molecule has 1 saturated heterocycles. The van der Waals surface area contributed by atoms with Crippen molar-refractivity contribution in [3.05, 3.63) is 0 Å². The summed E-state index contributed by atoms with van der Waals surface area (Å²) in [5.74, 6) is 2.00. The average Bonchev–Trinajstić information content (AvgIpc) is 2.53. The summed E-state index contributed by atoms with van der Waals surface area (Å²) in [5.41, 5.74) is 0. The van der Waals surface area contributed by atoms with E-state index >= 15 is 0 Å². The molecule has 1 unspecified atom stereocenters. The molecule has 0 radical (unpaired) electrons. The molecule has 1 rings (SSSR count). The van der Waals surface area contributed by atoms with Gasteiger partial charge in [0.25, 0.3) is 0 Å². The molecule has 90 valence electrons. The molecule has 3 heteroatoms. The molecule has 0 aromatic carbocycles. The summed E-state index contributed by atoms with van der Waals surface area (Å²) in [5, 5.41) is 0.253. The second kappa shape index (κ2) is 8.03. The Morgan fingerprint density at radius 3 is 2.53 bits per heavy atom. The van der Waals surface area contributed by atoms with E-state index in [0.29, 0.717) is 11.8 Å². The zero-order valence-corrected chi connectivity index (χ0v) is 11.6. The first-order valence-corrected chi connectivity index (χ1v) is 7.10. The van der Waals surface area contributed by atoms with E-state index in [9.17, 15) is 4.79 Å². The van der Waals surface area contributed by atoms with Gasteiger partial charge in [0.2, 0.25) is 5.91 Å². The van der Waals surface area contributed by atoms with Gasteiger partial charge in [-0.2, -0.15) is 0 Å². The number of hydrogen-bond acceptors (Lipinski definition) is 2. The third kappa shape index (κ3) is 4.92. The van der Waals surface area contributed by atoms with Gasteiger partial charge in [-0.05, 0) is 18.1 Å². The van der Waals surface area contributed by atoms with Crippen molar-refractivity contribution in [2.24, 2.45) is 5.92 Å². The fraction of sp³-hybridized carbons (Fsp3) is 0.917. The lowest BCUT2D eigenvalue weighted by molar-refractivity contribution is -0.127. The first kappa shape index (κ1) is 14.8. The number of carbonyl (C=O) groups is 1. The van der Waals surface area contributed by atoms with Gasteiger partial charge in [0.05, 0.1) is 5.25 Å². The molecule has 15 heavy (non-hydrogen) atoms. The quantitative estimate of drug-likeness (QED) is 0.741. The SMILES string of the molecule is CC.CCSC1CCN(CC(C)C)C1=O. The standard InChI is InChI=1S/C10H19NOS.C2H6/c1-4-13-9-5-6-11(10(9)12)7-8(2)3;1-2/h8-9H,4-7H2,1-3H3;1-2H3. The van der Waals surface area contributed by atoms with Crippen LogP contribution in [0.2, 0.25) is 0 Å². The first-order valence-electron chi connectivity index (χ1n) is 6.05. The lowest BCUT2D eigenvalue weighted by Gasteiger charge is -2.18. The molecular formula is C12H25NOS. The number of rotatable bonds is 4. The van der Waals surface area contributed by atoms with Crippen LogP contribution in [0.4, 0.5) is 0 Å². The van der Waals surface area contributed by atoms with Gasteiger partial charge in [-0.3, -0.25) is 4.79 Å². The van der Waals surface area contributed by atoms with Crippen LogP contribution in [-0.2, 0) is 4.79 Å². The highest BCUT2D eigenvalue weighted by Crippen LogP contribution is 2.24. The predicted octanol–water partition coefficient (Wildman–Crippen LogP) is 3.02. The number of thioether (sulfide) groups is 1. The van der Waals surface area contributed by atoms with E-state index in [-0.39, 0.29) is 5.25 Å². The normalized spacial score (nSPS) is 20.5. The first-order chi connectivity index (χ1) is 7.15. The Morgan fingerprint density at radius 1 is 1.47 bits per heavy atom. The lowest BCUT2D eigenvalue weighted by atomic mass is 10.2. The smallest absolute Gasteiger partial charge is 0.235 e. The number of carbonyl (C=O) groups excluding carboxylic acids is 1. The van der Waals surface area contributed by atoms with E-state index in [2.05, 4.69) is 20.8 Å². The second-order valence-corrected chi connectivity index (χ2v) is 5.39. The highest BCUT2D eigenvalue weighted by molar-refractivity contribution is 8.00. The van der Waals surface area contributed by atoms with Gasteiger partial charge in [-0.15, -0.1) is 11.8 Å². The van der Waals surface area contributed by atoms with Gasteiger partial charge in [0, 0.05) is 13.1 Å². The minimum absolute atomic E-state index is 0.253. The Balaban J connectivity index is 0.000000921. The second-order valence-electron chi connectivity index (χ2n) is 3.91. The van der Waals surface area contributed by atoms with Crippen molar-refractivity contribution in [2.75, 3.05) is 18.8 Å². The van der Waals surface area contributed by atoms with Crippen molar-refractivity contribution in [1.82, 2.24) is 4.90 Å². The lowest BCUT2D eigenvalue weighted by Crippen LogP contribution is -2.31. The van der Waals surface area contributed by atoms with Crippen molar-refractivity contribution in [2.45, 2.75) is 46.3 Å². The molecular weight excluding hydrogens is 206 g/mol. The van der Waals surface area contributed by atoms with E-state index < -0.39 is 0 Å². The van der Waals surface area contributed by atoms with E-state index in [4.69, 9.17) is 0 Å². The van der Waals surface area contributed by atoms with Gasteiger partial charge in [0.1, 0.15) is 0 Å². The number of nitrogens with zero attached hydrogens (tertiary/aromatic N) is 1. The molecule has 0 aromatic heterocycles. The van der Waals surface area contributed by atoms with Gasteiger partial charge in [-0.25, -0.2) is 0 Å². The number of likely N-dealkylation sites (tertiary alicyclic amines) is 1. The van der Waals surface area contributed by atoms with E-state index in [1.54, 1.807) is 11.8 Å². The summed E-state index contributed by atoms with van der Waals surface area (Å²) in [6.45, 7) is 12.3. The Hall–Kier alpha value is -0.180. The topological polar surface area (TPSA) is 20.3 Å². The molecule has 1 heterocycles. The highest BCUT2D eigenvalue weighted by Gasteiger charge is 2.31. The third-order valence-corrected chi connectivity index (χ3v) is 3.37. The van der Waals surface area contributed by atoms with Crippen LogP contribution in [0.15, 0.2) is 0 Å². The van der Waals surface area contributed by atoms with Gasteiger partial charge < -0.3 is 4.90 Å². The predicted molar refractivity (Wildman–Crippen MR) is 69.3 cm³/mol. The fourth-order valence-electron chi connectivity index (χ4n) is 1.69. The van der Waals surface area contributed by atoms with Gasteiger partial charge >= 0.3 is 0 Å². The zero-order chi connectivity index (χ0) is 11.8. The monoisotopic (exact) mass is 231 g/mol. The van der Waals surface area contributed by atoms with Crippen LogP contribution in [0.1, 0.15) is 41.0 Å². The maximum atomic E-state index is 11.7. The Kier molecular flexibility index (Phi) is 7.93. The largest absolute Gasteiger partial charge is 0.341 e. The number of hydrogen-bond donors (Lipinski definition) is 0. The minimum atomic E-state index is 0.253. The summed E-state index contributed by atoms with van der Waals surface area (Å²) in [6, 6.07) is 0. The third-order valence-electron chi connectivity index (χ3n) is 2.20. The molecule has 1 atom stereocenters. The van der Waals surface area contributed by atoms with Crippen molar-refractivity contribution in [3.63, 3.8) is 0 Å². The molecule has 0 bridgehead atoms. The molecule has 0 spiro atoms. The van der Waals surface area contributed by atoms with Crippen LogP contribution in [0.3, 0.4) is 0 Å². The Labute approximate surface area is 98.8 Å². The van der Waals surface area contributed by atoms with Crippen LogP contribution < -0.4 is 0 Å². The molecule has 2 nitrogen and oxygen atoms in total. The summed E-state index contributed by atoms with van der Waals surface area (Å²) < 4.78 is 0. The summed E-state index contributed by atoms with van der Waals surface area (Å²) in [4.78, 5) is 13.7. The van der Waals surface area contributed by atoms with E-state index in [1.165, 1.54) is 0 Å². The van der Waals surface area contributed by atoms with Crippen LogP contribution in [-0.4, -0.2) is 34.9 Å². The zero-order valence-electron chi connectivity index (χ0n) is 10.7. The molecule has 1 aliphatic heterocycles. The molecule has 1 aliphatic rings. The number of amides is 1. The van der Waals surface area contributed by atoms with Crippen LogP contribution in [0.25, 0.3) is 0 Å². The van der Waals surface area contributed by atoms with E-state index in [0.717, 1.165) is 25.3 Å². The molecule has 0 aromatic rings. The van der Waals surface area contributed by atoms with Crippen molar-refractivity contribution >= 4 is 17.7 Å². The highest BCUT2D eigenvalue weighted by atomic mass is 32.2. The molecule has 0 aliphatic carbocycles. The molecule has 0 saturated carbocycles. The van der Waals surface area contributed by atoms with Crippen LogP contribution in [0.5, 0.6) is 0 Å². The Bertz CT molecular complexity index is 182. The summed E-state index contributed by atoms with van der Waals surface area (Å²) in [7, 11) is 0. The van der Waals surface area contributed by atoms with Crippen LogP contribution >= 0.6 is 11.8 Å². The maximum Gasteiger partial charge on any atom is 0.235 e. The van der Waals surface area contributed by atoms with Gasteiger partial charge in [0.15, 0.2) is 0 Å². The minimum Gasteiger partial charge on any atom is -0.341 e. The molecule has 1 fully saturated rings. The summed E-state index contributed by atoms with van der Waals surface area (Å²) >= 11 is 1.79. The van der Waals surface area contributed by atoms with E-state index in [1.807, 2.05) is 18.7 Å². The fourth-order valence-corrected chi connectivity index (χ4v) is 2.65. The van der Waals surface area contributed by atoms with Crippen LogP contribution in [0, 0.1) is 5.92 Å². The van der Waals surface area contributed by atoms with Crippen molar-refractivity contribution < 1.29 is 4.79 Å². The molecule has 1 amide bonds. The summed E-state index contributed by atoms with van der Waals surface area (Å²) in [6.07, 6.45) is 1.05. The van der Waals surface area contributed by atoms with Crippen molar-refractivity contribution in [3.8, 4) is 0 Å². The van der Waals surface area contributed by atoms with Crippen molar-refractivity contribution in [1.29, 1.82) is 0 Å². The maximum absolute atomic E-state index is 11.7. The molecule has 0 N–H and O–H groups in total. The van der Waals surface area contributed by atoms with Gasteiger partial charge in [-0.1, -0.05) is 34.6 Å².